The van der Waals surface area contributed by atoms with Crippen LogP contribution in [0, 0.1) is 5.92 Å². The Bertz CT molecular complexity index is 296. The Hall–Kier alpha value is -0.380. The fourth-order valence-corrected chi connectivity index (χ4v) is 3.04. The lowest BCUT2D eigenvalue weighted by atomic mass is 9.94. The Labute approximate surface area is 103 Å². The molecule has 2 unspecified atom stereocenters. The van der Waals surface area contributed by atoms with Crippen molar-refractivity contribution in [2.45, 2.75) is 52.5 Å². The monoisotopic (exact) mass is 240 g/mol. The summed E-state index contributed by atoms with van der Waals surface area (Å²) in [5.74, 6) is 6.29. The number of rotatable bonds is 7. The number of hydrogen-bond acceptors (Lipinski definition) is 3. The number of thiophene rings is 1. The fourth-order valence-electron chi connectivity index (χ4n) is 2.02. The van der Waals surface area contributed by atoms with Crippen molar-refractivity contribution in [3.05, 3.63) is 21.9 Å². The second-order valence-electron chi connectivity index (χ2n) is 4.46. The molecular weight excluding hydrogens is 216 g/mol. The average Bonchev–Trinajstić information content (AvgIpc) is 2.73. The van der Waals surface area contributed by atoms with Gasteiger partial charge in [-0.05, 0) is 37.3 Å². The van der Waals surface area contributed by atoms with Gasteiger partial charge in [0.05, 0.1) is 0 Å². The number of nitrogens with two attached hydrogens (primary N) is 1. The van der Waals surface area contributed by atoms with E-state index in [2.05, 4.69) is 38.3 Å². The van der Waals surface area contributed by atoms with Crippen molar-refractivity contribution in [1.82, 2.24) is 5.43 Å². The molecule has 1 aromatic rings. The van der Waals surface area contributed by atoms with Crippen molar-refractivity contribution in [3.8, 4) is 0 Å². The van der Waals surface area contributed by atoms with Crippen LogP contribution in [-0.4, -0.2) is 6.04 Å². The summed E-state index contributed by atoms with van der Waals surface area (Å²) in [5, 5.41) is 0. The molecule has 92 valence electrons. The highest BCUT2D eigenvalue weighted by atomic mass is 32.1. The highest BCUT2D eigenvalue weighted by molar-refractivity contribution is 7.11. The van der Waals surface area contributed by atoms with E-state index < -0.39 is 0 Å². The second kappa shape index (κ2) is 7.05. The summed E-state index contributed by atoms with van der Waals surface area (Å²) in [6.07, 6.45) is 4.66. The Morgan fingerprint density at radius 1 is 1.31 bits per heavy atom. The third kappa shape index (κ3) is 3.89. The molecule has 0 aliphatic heterocycles. The minimum absolute atomic E-state index is 0.406. The first kappa shape index (κ1) is 13.7. The number of aryl methyl sites for hydroxylation is 1. The minimum Gasteiger partial charge on any atom is -0.271 e. The summed E-state index contributed by atoms with van der Waals surface area (Å²) in [7, 11) is 0. The van der Waals surface area contributed by atoms with Crippen LogP contribution in [0.4, 0.5) is 0 Å². The summed E-state index contributed by atoms with van der Waals surface area (Å²) in [6, 6.07) is 4.88. The SMILES string of the molecule is CCCC(C)C(Cc1ccc(CC)s1)NN. The Kier molecular flexibility index (Phi) is 6.03. The molecule has 0 aliphatic rings. The first-order chi connectivity index (χ1) is 7.71. The third-order valence-electron chi connectivity index (χ3n) is 3.13. The van der Waals surface area contributed by atoms with Crippen LogP contribution in [0.25, 0.3) is 0 Å². The molecule has 0 spiro atoms. The van der Waals surface area contributed by atoms with E-state index in [-0.39, 0.29) is 0 Å². The summed E-state index contributed by atoms with van der Waals surface area (Å²) in [5.41, 5.74) is 2.97. The molecule has 3 heteroatoms. The molecule has 0 saturated heterocycles. The van der Waals surface area contributed by atoms with E-state index in [0.29, 0.717) is 12.0 Å². The number of nitrogens with one attached hydrogen (secondary N) is 1. The van der Waals surface area contributed by atoms with E-state index in [1.54, 1.807) is 0 Å². The maximum absolute atomic E-state index is 5.65. The van der Waals surface area contributed by atoms with Crippen LogP contribution in [0.2, 0.25) is 0 Å². The molecule has 0 saturated carbocycles. The molecule has 1 aromatic heterocycles. The molecule has 1 rings (SSSR count). The average molecular weight is 240 g/mol. The van der Waals surface area contributed by atoms with E-state index in [0.717, 1.165) is 12.8 Å². The van der Waals surface area contributed by atoms with Crippen molar-refractivity contribution < 1.29 is 0 Å². The maximum atomic E-state index is 5.65. The highest BCUT2D eigenvalue weighted by Crippen LogP contribution is 2.21. The van der Waals surface area contributed by atoms with Gasteiger partial charge < -0.3 is 0 Å². The molecule has 1 heterocycles. The van der Waals surface area contributed by atoms with E-state index in [1.165, 1.54) is 22.6 Å². The zero-order valence-corrected chi connectivity index (χ0v) is 11.4. The normalized spacial score (nSPS) is 15.0. The summed E-state index contributed by atoms with van der Waals surface area (Å²) in [4.78, 5) is 2.91. The van der Waals surface area contributed by atoms with Gasteiger partial charge in [0.1, 0.15) is 0 Å². The maximum Gasteiger partial charge on any atom is 0.0284 e. The van der Waals surface area contributed by atoms with Crippen molar-refractivity contribution in [1.29, 1.82) is 0 Å². The van der Waals surface area contributed by atoms with Crippen molar-refractivity contribution in [2.24, 2.45) is 11.8 Å². The van der Waals surface area contributed by atoms with Gasteiger partial charge in [-0.15, -0.1) is 11.3 Å². The number of hydrogen-bond donors (Lipinski definition) is 2. The molecule has 0 bridgehead atoms. The van der Waals surface area contributed by atoms with Gasteiger partial charge in [-0.1, -0.05) is 27.2 Å². The molecular formula is C13H24N2S. The summed E-state index contributed by atoms with van der Waals surface area (Å²) in [6.45, 7) is 6.71. The van der Waals surface area contributed by atoms with Crippen LogP contribution in [0.1, 0.15) is 43.4 Å². The van der Waals surface area contributed by atoms with Crippen molar-refractivity contribution >= 4 is 11.3 Å². The molecule has 0 aliphatic carbocycles. The largest absolute Gasteiger partial charge is 0.271 e. The predicted octanol–water partition coefficient (Wildman–Crippen LogP) is 3.12. The quantitative estimate of drug-likeness (QED) is 0.567. The smallest absolute Gasteiger partial charge is 0.0284 e. The van der Waals surface area contributed by atoms with Gasteiger partial charge >= 0.3 is 0 Å². The van der Waals surface area contributed by atoms with Crippen molar-refractivity contribution in [2.75, 3.05) is 0 Å². The molecule has 0 fully saturated rings. The van der Waals surface area contributed by atoms with Crippen LogP contribution in [0.3, 0.4) is 0 Å². The molecule has 0 aromatic carbocycles. The van der Waals surface area contributed by atoms with Crippen LogP contribution in [0.15, 0.2) is 12.1 Å². The standard InChI is InChI=1S/C13H24N2S/c1-4-6-10(3)13(15-14)9-12-8-7-11(5-2)16-12/h7-8,10,13,15H,4-6,9,14H2,1-3H3. The van der Waals surface area contributed by atoms with Crippen LogP contribution in [-0.2, 0) is 12.8 Å². The first-order valence-corrected chi connectivity index (χ1v) is 7.06. The minimum atomic E-state index is 0.406. The molecule has 2 atom stereocenters. The van der Waals surface area contributed by atoms with Gasteiger partial charge in [-0.25, -0.2) is 0 Å². The lowest BCUT2D eigenvalue weighted by Gasteiger charge is -2.22. The van der Waals surface area contributed by atoms with E-state index in [9.17, 15) is 0 Å². The third-order valence-corrected chi connectivity index (χ3v) is 4.38. The van der Waals surface area contributed by atoms with Crippen LogP contribution < -0.4 is 11.3 Å². The van der Waals surface area contributed by atoms with E-state index >= 15 is 0 Å². The highest BCUT2D eigenvalue weighted by Gasteiger charge is 2.16. The zero-order chi connectivity index (χ0) is 12.0. The Morgan fingerprint density at radius 2 is 2.00 bits per heavy atom. The topological polar surface area (TPSA) is 38.0 Å². The van der Waals surface area contributed by atoms with Gasteiger partial charge in [0, 0.05) is 15.8 Å². The molecule has 2 nitrogen and oxygen atoms in total. The molecule has 0 radical (unpaired) electrons. The molecule has 0 amide bonds. The summed E-state index contributed by atoms with van der Waals surface area (Å²) < 4.78 is 0. The second-order valence-corrected chi connectivity index (χ2v) is 5.72. The lowest BCUT2D eigenvalue weighted by molar-refractivity contribution is 0.358. The van der Waals surface area contributed by atoms with Gasteiger partial charge in [-0.3, -0.25) is 11.3 Å². The lowest BCUT2D eigenvalue weighted by Crippen LogP contribution is -2.41. The summed E-state index contributed by atoms with van der Waals surface area (Å²) >= 11 is 1.92. The van der Waals surface area contributed by atoms with Gasteiger partial charge in [0.15, 0.2) is 0 Å². The number of hydrazine groups is 1. The van der Waals surface area contributed by atoms with E-state index in [4.69, 9.17) is 5.84 Å². The van der Waals surface area contributed by atoms with Crippen LogP contribution >= 0.6 is 11.3 Å². The first-order valence-electron chi connectivity index (χ1n) is 6.24. The van der Waals surface area contributed by atoms with Crippen LogP contribution in [0.5, 0.6) is 0 Å². The predicted molar refractivity (Wildman–Crippen MR) is 72.6 cm³/mol. The van der Waals surface area contributed by atoms with E-state index in [1.807, 2.05) is 11.3 Å². The van der Waals surface area contributed by atoms with Gasteiger partial charge in [0.25, 0.3) is 0 Å². The molecule has 16 heavy (non-hydrogen) atoms. The molecule has 3 N–H and O–H groups in total. The van der Waals surface area contributed by atoms with Gasteiger partial charge in [0.2, 0.25) is 0 Å². The Balaban J connectivity index is 2.55. The zero-order valence-electron chi connectivity index (χ0n) is 10.6. The van der Waals surface area contributed by atoms with Gasteiger partial charge in [-0.2, -0.15) is 0 Å². The van der Waals surface area contributed by atoms with Crippen molar-refractivity contribution in [3.63, 3.8) is 0 Å². The fraction of sp³-hybridized carbons (Fsp3) is 0.692. The Morgan fingerprint density at radius 3 is 2.50 bits per heavy atom.